The van der Waals surface area contributed by atoms with Crippen LogP contribution < -0.4 is 4.74 Å². The number of para-hydroxylation sites is 1. The molecule has 1 amide bonds. The van der Waals surface area contributed by atoms with Crippen molar-refractivity contribution in [3.63, 3.8) is 0 Å². The first-order valence-electron chi connectivity index (χ1n) is 8.03. The Morgan fingerprint density at radius 2 is 2.23 bits per heavy atom. The minimum absolute atomic E-state index is 0.0965. The molecule has 0 aliphatic carbocycles. The molecule has 7 nitrogen and oxygen atoms in total. The molecule has 2 aromatic rings. The van der Waals surface area contributed by atoms with Crippen molar-refractivity contribution in [2.45, 2.75) is 13.5 Å². The van der Waals surface area contributed by atoms with E-state index in [1.807, 2.05) is 24.3 Å². The van der Waals surface area contributed by atoms with E-state index in [1.165, 1.54) is 22.7 Å². The van der Waals surface area contributed by atoms with Crippen molar-refractivity contribution < 1.29 is 23.6 Å². The van der Waals surface area contributed by atoms with Crippen molar-refractivity contribution in [3.8, 4) is 17.0 Å². The molecule has 1 saturated heterocycles. The fourth-order valence-corrected chi connectivity index (χ4v) is 3.44. The molecule has 1 aliphatic heterocycles. The molecule has 0 saturated carbocycles. The van der Waals surface area contributed by atoms with Crippen molar-refractivity contribution >= 4 is 23.6 Å². The second-order valence-electron chi connectivity index (χ2n) is 5.38. The number of nitrogens with zero attached hydrogens (tertiary/aromatic N) is 2. The first-order chi connectivity index (χ1) is 12.6. The average molecular weight is 374 g/mol. The van der Waals surface area contributed by atoms with Crippen LogP contribution in [0.4, 0.5) is 0 Å². The maximum Gasteiger partial charge on any atom is 0.333 e. The fraction of sp³-hybridized carbons (Fsp3) is 0.278. The number of rotatable bonds is 6. The molecule has 136 valence electrons. The summed E-state index contributed by atoms with van der Waals surface area (Å²) in [6.07, 6.45) is 1.33. The molecule has 0 unspecified atom stereocenters. The van der Waals surface area contributed by atoms with E-state index in [2.05, 4.69) is 5.16 Å². The van der Waals surface area contributed by atoms with Gasteiger partial charge in [0.05, 0.1) is 37.1 Å². The molecule has 2 heterocycles. The summed E-state index contributed by atoms with van der Waals surface area (Å²) in [5.74, 6) is 0.904. The highest BCUT2D eigenvalue weighted by atomic mass is 32.2. The number of benzene rings is 1. The Bertz CT molecular complexity index is 846. The normalized spacial score (nSPS) is 15.5. The monoisotopic (exact) mass is 374 g/mol. The zero-order valence-electron chi connectivity index (χ0n) is 14.4. The second-order valence-corrected chi connectivity index (χ2v) is 6.38. The molecular weight excluding hydrogens is 356 g/mol. The maximum absolute atomic E-state index is 12.1. The topological polar surface area (TPSA) is 81.9 Å². The van der Waals surface area contributed by atoms with Gasteiger partial charge in [-0.05, 0) is 19.1 Å². The van der Waals surface area contributed by atoms with E-state index in [0.29, 0.717) is 22.2 Å². The lowest BCUT2D eigenvalue weighted by molar-refractivity contribution is -0.137. The molecule has 8 heteroatoms. The first kappa shape index (κ1) is 18.1. The highest BCUT2D eigenvalue weighted by molar-refractivity contribution is 8.04. The van der Waals surface area contributed by atoms with Crippen LogP contribution in [0.2, 0.25) is 0 Å². The summed E-state index contributed by atoms with van der Waals surface area (Å²) in [6.45, 7) is 2.21. The van der Waals surface area contributed by atoms with E-state index in [1.54, 1.807) is 20.1 Å². The molecule has 0 atom stereocenters. The molecule has 1 aromatic heterocycles. The zero-order valence-corrected chi connectivity index (χ0v) is 15.2. The van der Waals surface area contributed by atoms with E-state index < -0.39 is 5.97 Å². The lowest BCUT2D eigenvalue weighted by Gasteiger charge is -2.14. The Morgan fingerprint density at radius 3 is 3.00 bits per heavy atom. The number of carbonyl (C=O) groups excluding carboxylic acids is 2. The molecule has 0 bridgehead atoms. The number of ether oxygens (including phenoxy) is 2. The Morgan fingerprint density at radius 1 is 1.42 bits per heavy atom. The summed E-state index contributed by atoms with van der Waals surface area (Å²) in [5, 5.41) is 4.61. The van der Waals surface area contributed by atoms with Gasteiger partial charge in [0.25, 0.3) is 0 Å². The number of hydrogen-bond donors (Lipinski definition) is 0. The van der Waals surface area contributed by atoms with E-state index in [9.17, 15) is 9.59 Å². The van der Waals surface area contributed by atoms with Gasteiger partial charge in [-0.2, -0.15) is 0 Å². The summed E-state index contributed by atoms with van der Waals surface area (Å²) in [5.41, 5.74) is 1.42. The number of aromatic nitrogens is 1. The van der Waals surface area contributed by atoms with Crippen molar-refractivity contribution in [3.05, 3.63) is 47.2 Å². The third-order valence-electron chi connectivity index (χ3n) is 3.69. The highest BCUT2D eigenvalue weighted by Crippen LogP contribution is 2.32. The van der Waals surface area contributed by atoms with Crippen LogP contribution in [-0.4, -0.2) is 41.4 Å². The molecule has 1 aliphatic rings. The molecule has 0 radical (unpaired) electrons. The van der Waals surface area contributed by atoms with Gasteiger partial charge in [0.15, 0.2) is 5.76 Å². The Kier molecular flexibility index (Phi) is 5.62. The summed E-state index contributed by atoms with van der Waals surface area (Å²) in [6, 6.07) is 9.23. The number of thioether (sulfide) groups is 1. The van der Waals surface area contributed by atoms with E-state index >= 15 is 0 Å². The largest absolute Gasteiger partial charge is 0.496 e. The van der Waals surface area contributed by atoms with Crippen LogP contribution in [0.25, 0.3) is 11.3 Å². The average Bonchev–Trinajstić information content (AvgIpc) is 3.24. The van der Waals surface area contributed by atoms with Crippen LogP contribution in [0, 0.1) is 0 Å². The van der Waals surface area contributed by atoms with Gasteiger partial charge < -0.3 is 14.0 Å². The van der Waals surface area contributed by atoms with E-state index in [0.717, 1.165) is 5.56 Å². The Hall–Kier alpha value is -2.74. The van der Waals surface area contributed by atoms with Gasteiger partial charge >= 0.3 is 5.97 Å². The SMILES string of the molecule is CCOC(=O)/C=C1\SCC(=O)N1Cc1cc(-c2ccccc2OC)no1. The molecule has 3 rings (SSSR count). The molecule has 1 fully saturated rings. The van der Waals surface area contributed by atoms with Gasteiger partial charge in [-0.25, -0.2) is 4.79 Å². The number of amides is 1. The van der Waals surface area contributed by atoms with Crippen LogP contribution in [0.3, 0.4) is 0 Å². The number of esters is 1. The fourth-order valence-electron chi connectivity index (χ4n) is 2.51. The third-order valence-corrected chi connectivity index (χ3v) is 4.72. The molecule has 1 aromatic carbocycles. The van der Waals surface area contributed by atoms with Crippen LogP contribution in [-0.2, 0) is 20.9 Å². The summed E-state index contributed by atoms with van der Waals surface area (Å²) in [4.78, 5) is 25.3. The van der Waals surface area contributed by atoms with Gasteiger partial charge in [-0.15, -0.1) is 0 Å². The molecular formula is C18H18N2O5S. The van der Waals surface area contributed by atoms with E-state index in [4.69, 9.17) is 14.0 Å². The van der Waals surface area contributed by atoms with Gasteiger partial charge in [-0.3, -0.25) is 9.69 Å². The number of hydrogen-bond acceptors (Lipinski definition) is 7. The van der Waals surface area contributed by atoms with Gasteiger partial charge in [0.2, 0.25) is 5.91 Å². The summed E-state index contributed by atoms with van der Waals surface area (Å²) >= 11 is 1.30. The molecule has 26 heavy (non-hydrogen) atoms. The Balaban J connectivity index is 1.79. The minimum atomic E-state index is -0.470. The van der Waals surface area contributed by atoms with Gasteiger partial charge in [0, 0.05) is 11.6 Å². The smallest absolute Gasteiger partial charge is 0.333 e. The van der Waals surface area contributed by atoms with Crippen molar-refractivity contribution in [1.29, 1.82) is 0 Å². The first-order valence-corrected chi connectivity index (χ1v) is 9.01. The summed E-state index contributed by atoms with van der Waals surface area (Å²) < 4.78 is 15.6. The standard InChI is InChI=1S/C18H18N2O5S/c1-3-24-18(22)9-17-20(16(21)11-26-17)10-12-8-14(19-25-12)13-6-4-5-7-15(13)23-2/h4-9H,3,10-11H2,1-2H3/b17-9-. The van der Waals surface area contributed by atoms with Crippen LogP contribution >= 0.6 is 11.8 Å². The maximum atomic E-state index is 12.1. The van der Waals surface area contributed by atoms with Crippen LogP contribution in [0.5, 0.6) is 5.75 Å². The Labute approximate surface area is 154 Å². The predicted molar refractivity (Wildman–Crippen MR) is 96.2 cm³/mol. The minimum Gasteiger partial charge on any atom is -0.496 e. The van der Waals surface area contributed by atoms with Crippen molar-refractivity contribution in [1.82, 2.24) is 10.1 Å². The predicted octanol–water partition coefficient (Wildman–Crippen LogP) is 2.83. The van der Waals surface area contributed by atoms with Gasteiger partial charge in [0.1, 0.15) is 11.4 Å². The van der Waals surface area contributed by atoms with Crippen LogP contribution in [0.1, 0.15) is 12.7 Å². The quantitative estimate of drug-likeness (QED) is 0.568. The zero-order chi connectivity index (χ0) is 18.5. The lowest BCUT2D eigenvalue weighted by atomic mass is 10.1. The number of carbonyl (C=O) groups is 2. The second kappa shape index (κ2) is 8.09. The van der Waals surface area contributed by atoms with Crippen molar-refractivity contribution in [2.75, 3.05) is 19.5 Å². The lowest BCUT2D eigenvalue weighted by Crippen LogP contribution is -2.24. The third kappa shape index (κ3) is 3.91. The van der Waals surface area contributed by atoms with Crippen LogP contribution in [0.15, 0.2) is 46.0 Å². The summed E-state index contributed by atoms with van der Waals surface area (Å²) in [7, 11) is 1.59. The van der Waals surface area contributed by atoms with Crippen molar-refractivity contribution in [2.24, 2.45) is 0 Å². The van der Waals surface area contributed by atoms with E-state index in [-0.39, 0.29) is 24.8 Å². The molecule has 0 N–H and O–H groups in total. The van der Waals surface area contributed by atoms with Gasteiger partial charge in [-0.1, -0.05) is 29.1 Å². The molecule has 0 spiro atoms. The highest BCUT2D eigenvalue weighted by Gasteiger charge is 2.29. The number of methoxy groups -OCH3 is 1.